The van der Waals surface area contributed by atoms with Crippen LogP contribution < -0.4 is 10.1 Å². The average Bonchev–Trinajstić information content (AvgIpc) is 3.01. The molecule has 2 nitrogen and oxygen atoms in total. The summed E-state index contributed by atoms with van der Waals surface area (Å²) in [5.74, 6) is 2.91. The summed E-state index contributed by atoms with van der Waals surface area (Å²) >= 11 is 0. The van der Waals surface area contributed by atoms with Gasteiger partial charge in [0.1, 0.15) is 5.75 Å². The molecule has 3 atom stereocenters. The lowest BCUT2D eigenvalue weighted by atomic mass is 9.95. The summed E-state index contributed by atoms with van der Waals surface area (Å²) in [5, 5.41) is 3.75. The highest BCUT2D eigenvalue weighted by molar-refractivity contribution is 5.58. The summed E-state index contributed by atoms with van der Waals surface area (Å²) in [6, 6.07) is 7.19. The second kappa shape index (κ2) is 5.44. The van der Waals surface area contributed by atoms with Crippen LogP contribution in [0.4, 0.5) is 5.69 Å². The van der Waals surface area contributed by atoms with Crippen LogP contribution in [-0.4, -0.2) is 12.6 Å². The van der Waals surface area contributed by atoms with Gasteiger partial charge in [0.05, 0.1) is 12.3 Å². The van der Waals surface area contributed by atoms with E-state index in [1.54, 1.807) is 0 Å². The number of rotatable bonds is 5. The zero-order valence-electron chi connectivity index (χ0n) is 12.1. The molecule has 2 aliphatic carbocycles. The van der Waals surface area contributed by atoms with Crippen molar-refractivity contribution in [3.8, 4) is 5.75 Å². The van der Waals surface area contributed by atoms with Gasteiger partial charge in [-0.3, -0.25) is 0 Å². The summed E-state index contributed by atoms with van der Waals surface area (Å²) in [5.41, 5.74) is 2.46. The minimum Gasteiger partial charge on any atom is -0.491 e. The molecule has 19 heavy (non-hydrogen) atoms. The third-order valence-corrected chi connectivity index (χ3v) is 4.68. The highest BCUT2D eigenvalue weighted by Gasteiger charge is 2.39. The van der Waals surface area contributed by atoms with Crippen LogP contribution in [0.5, 0.6) is 5.75 Å². The molecule has 2 fully saturated rings. The Morgan fingerprint density at radius 2 is 2.16 bits per heavy atom. The first-order valence-corrected chi connectivity index (χ1v) is 7.76. The molecule has 104 valence electrons. The van der Waals surface area contributed by atoms with Crippen molar-refractivity contribution in [3.63, 3.8) is 0 Å². The largest absolute Gasteiger partial charge is 0.491 e. The first-order chi connectivity index (χ1) is 9.26. The number of fused-ring (bicyclic) bond motifs is 2. The SMILES string of the molecule is CCCOc1cc(C)ccc1NC1CC2CCC1C2. The molecular formula is C17H25NO. The molecule has 1 N–H and O–H groups in total. The molecule has 0 aromatic heterocycles. The van der Waals surface area contributed by atoms with Gasteiger partial charge in [-0.1, -0.05) is 19.4 Å². The molecule has 1 aromatic carbocycles. The Kier molecular flexibility index (Phi) is 3.67. The van der Waals surface area contributed by atoms with Crippen LogP contribution in [0.2, 0.25) is 0 Å². The fraction of sp³-hybridized carbons (Fsp3) is 0.647. The third kappa shape index (κ3) is 2.72. The molecule has 0 spiro atoms. The van der Waals surface area contributed by atoms with E-state index in [9.17, 15) is 0 Å². The number of benzene rings is 1. The van der Waals surface area contributed by atoms with Gasteiger partial charge in [0, 0.05) is 6.04 Å². The van der Waals surface area contributed by atoms with E-state index in [0.717, 1.165) is 30.6 Å². The highest BCUT2D eigenvalue weighted by atomic mass is 16.5. The number of anilines is 1. The highest BCUT2D eigenvalue weighted by Crippen LogP contribution is 2.46. The normalized spacial score (nSPS) is 28.6. The maximum Gasteiger partial charge on any atom is 0.142 e. The van der Waals surface area contributed by atoms with Crippen molar-refractivity contribution in [1.29, 1.82) is 0 Å². The van der Waals surface area contributed by atoms with Crippen LogP contribution in [0.15, 0.2) is 18.2 Å². The van der Waals surface area contributed by atoms with Crippen LogP contribution in [0.3, 0.4) is 0 Å². The number of hydrogen-bond acceptors (Lipinski definition) is 2. The van der Waals surface area contributed by atoms with Gasteiger partial charge in [-0.15, -0.1) is 0 Å². The standard InChI is InChI=1S/C17H25NO/c1-3-8-19-17-9-12(2)4-7-15(17)18-16-11-13-5-6-14(16)10-13/h4,7,9,13-14,16,18H,3,5-6,8,10-11H2,1-2H3. The molecule has 3 rings (SSSR count). The van der Waals surface area contributed by atoms with E-state index in [1.807, 2.05) is 0 Å². The lowest BCUT2D eigenvalue weighted by Crippen LogP contribution is -2.26. The Morgan fingerprint density at radius 3 is 2.84 bits per heavy atom. The van der Waals surface area contributed by atoms with Gasteiger partial charge in [0.2, 0.25) is 0 Å². The van der Waals surface area contributed by atoms with Crippen LogP contribution >= 0.6 is 0 Å². The lowest BCUT2D eigenvalue weighted by Gasteiger charge is -2.25. The van der Waals surface area contributed by atoms with E-state index >= 15 is 0 Å². The van der Waals surface area contributed by atoms with Crippen molar-refractivity contribution < 1.29 is 4.74 Å². The molecule has 2 bridgehead atoms. The molecule has 2 saturated carbocycles. The Labute approximate surface area is 116 Å². The Balaban J connectivity index is 1.72. The summed E-state index contributed by atoms with van der Waals surface area (Å²) in [4.78, 5) is 0. The molecule has 0 amide bonds. The molecule has 0 heterocycles. The van der Waals surface area contributed by atoms with Gasteiger partial charge in [-0.2, -0.15) is 0 Å². The van der Waals surface area contributed by atoms with Gasteiger partial charge in [0.15, 0.2) is 0 Å². The topological polar surface area (TPSA) is 21.3 Å². The zero-order chi connectivity index (χ0) is 13.2. The Hall–Kier alpha value is -1.18. The summed E-state index contributed by atoms with van der Waals surface area (Å²) < 4.78 is 5.90. The minimum absolute atomic E-state index is 0.672. The van der Waals surface area contributed by atoms with Crippen molar-refractivity contribution in [2.24, 2.45) is 11.8 Å². The number of hydrogen-bond donors (Lipinski definition) is 1. The van der Waals surface area contributed by atoms with Gasteiger partial charge in [-0.25, -0.2) is 0 Å². The van der Waals surface area contributed by atoms with Crippen molar-refractivity contribution in [3.05, 3.63) is 23.8 Å². The van der Waals surface area contributed by atoms with Crippen molar-refractivity contribution in [2.45, 2.75) is 52.0 Å². The smallest absolute Gasteiger partial charge is 0.142 e. The first kappa shape index (κ1) is 12.8. The van der Waals surface area contributed by atoms with Gasteiger partial charge < -0.3 is 10.1 Å². The van der Waals surface area contributed by atoms with Crippen LogP contribution in [0, 0.1) is 18.8 Å². The second-order valence-corrected chi connectivity index (χ2v) is 6.27. The second-order valence-electron chi connectivity index (χ2n) is 6.27. The summed E-state index contributed by atoms with van der Waals surface area (Å²) in [7, 11) is 0. The fourth-order valence-corrected chi connectivity index (χ4v) is 3.70. The zero-order valence-corrected chi connectivity index (χ0v) is 12.1. The van der Waals surface area contributed by atoms with E-state index < -0.39 is 0 Å². The van der Waals surface area contributed by atoms with Crippen LogP contribution in [0.1, 0.15) is 44.6 Å². The predicted molar refractivity (Wildman–Crippen MR) is 79.8 cm³/mol. The number of ether oxygens (including phenoxy) is 1. The van der Waals surface area contributed by atoms with E-state index in [2.05, 4.69) is 37.4 Å². The minimum atomic E-state index is 0.672. The average molecular weight is 259 g/mol. The van der Waals surface area contributed by atoms with Crippen molar-refractivity contribution >= 4 is 5.69 Å². The molecule has 3 unspecified atom stereocenters. The summed E-state index contributed by atoms with van der Waals surface area (Å²) in [6.07, 6.45) is 6.72. The molecule has 2 aliphatic rings. The monoisotopic (exact) mass is 259 g/mol. The van der Waals surface area contributed by atoms with Gasteiger partial charge >= 0.3 is 0 Å². The van der Waals surface area contributed by atoms with E-state index in [-0.39, 0.29) is 0 Å². The molecule has 1 aromatic rings. The first-order valence-electron chi connectivity index (χ1n) is 7.76. The predicted octanol–water partition coefficient (Wildman–Crippen LogP) is 4.38. The molecule has 0 radical (unpaired) electrons. The molecule has 0 saturated heterocycles. The van der Waals surface area contributed by atoms with Crippen molar-refractivity contribution in [2.75, 3.05) is 11.9 Å². The van der Waals surface area contributed by atoms with Crippen LogP contribution in [-0.2, 0) is 0 Å². The third-order valence-electron chi connectivity index (χ3n) is 4.68. The van der Waals surface area contributed by atoms with Crippen LogP contribution in [0.25, 0.3) is 0 Å². The Bertz CT molecular complexity index is 443. The molecular weight excluding hydrogens is 234 g/mol. The molecule has 0 aliphatic heterocycles. The van der Waals surface area contributed by atoms with E-state index in [1.165, 1.54) is 36.9 Å². The molecule has 2 heteroatoms. The van der Waals surface area contributed by atoms with Crippen molar-refractivity contribution in [1.82, 2.24) is 0 Å². The summed E-state index contributed by atoms with van der Waals surface area (Å²) in [6.45, 7) is 5.08. The number of nitrogens with one attached hydrogen (secondary N) is 1. The lowest BCUT2D eigenvalue weighted by molar-refractivity contribution is 0.317. The number of aryl methyl sites for hydroxylation is 1. The van der Waals surface area contributed by atoms with E-state index in [4.69, 9.17) is 4.74 Å². The van der Waals surface area contributed by atoms with Gasteiger partial charge in [-0.05, 0) is 62.1 Å². The van der Waals surface area contributed by atoms with Gasteiger partial charge in [0.25, 0.3) is 0 Å². The van der Waals surface area contributed by atoms with E-state index in [0.29, 0.717) is 6.04 Å². The maximum absolute atomic E-state index is 5.90. The quantitative estimate of drug-likeness (QED) is 0.847. The fourth-order valence-electron chi connectivity index (χ4n) is 3.70. The maximum atomic E-state index is 5.90. The Morgan fingerprint density at radius 1 is 1.26 bits per heavy atom.